The number of anilines is 1. The van der Waals surface area contributed by atoms with Crippen molar-refractivity contribution >= 4 is 11.9 Å². The van der Waals surface area contributed by atoms with Gasteiger partial charge in [-0.2, -0.15) is 0 Å². The van der Waals surface area contributed by atoms with E-state index in [2.05, 4.69) is 19.9 Å². The quantitative estimate of drug-likeness (QED) is 0.661. The van der Waals surface area contributed by atoms with Gasteiger partial charge in [0.05, 0.1) is 25.5 Å². The summed E-state index contributed by atoms with van der Waals surface area (Å²) >= 11 is 0. The van der Waals surface area contributed by atoms with Crippen molar-refractivity contribution in [2.75, 3.05) is 38.3 Å². The van der Waals surface area contributed by atoms with Crippen molar-refractivity contribution in [1.82, 2.24) is 24.4 Å². The van der Waals surface area contributed by atoms with Crippen LogP contribution in [0.2, 0.25) is 0 Å². The zero-order valence-corrected chi connectivity index (χ0v) is 16.7. The minimum atomic E-state index is -0.0599. The van der Waals surface area contributed by atoms with E-state index in [4.69, 9.17) is 4.74 Å². The molecule has 0 aromatic carbocycles. The maximum absolute atomic E-state index is 12.9. The number of aromatic nitrogens is 4. The molecule has 0 aliphatic carbocycles. The number of amides is 1. The van der Waals surface area contributed by atoms with Crippen molar-refractivity contribution in [2.45, 2.75) is 6.54 Å². The molecule has 150 valence electrons. The molecule has 4 rings (SSSR count). The fourth-order valence-corrected chi connectivity index (χ4v) is 3.33. The third kappa shape index (κ3) is 4.27. The Morgan fingerprint density at radius 1 is 1.14 bits per heavy atom. The lowest BCUT2D eigenvalue weighted by Crippen LogP contribution is -2.37. The van der Waals surface area contributed by atoms with Crippen LogP contribution in [0.5, 0.6) is 0 Å². The van der Waals surface area contributed by atoms with Crippen LogP contribution in [0, 0.1) is 0 Å². The van der Waals surface area contributed by atoms with Crippen LogP contribution in [0.15, 0.2) is 49.1 Å². The van der Waals surface area contributed by atoms with E-state index in [1.54, 1.807) is 30.5 Å². The summed E-state index contributed by atoms with van der Waals surface area (Å²) in [4.78, 5) is 30.0. The predicted molar refractivity (Wildman–Crippen MR) is 110 cm³/mol. The summed E-state index contributed by atoms with van der Waals surface area (Å²) in [5.74, 6) is 0.648. The van der Waals surface area contributed by atoms with Crippen LogP contribution in [0.1, 0.15) is 16.2 Å². The number of hydrogen-bond acceptors (Lipinski definition) is 6. The summed E-state index contributed by atoms with van der Waals surface area (Å²) in [7, 11) is 3.65. The normalized spacial score (nSPS) is 14.1. The molecule has 1 saturated heterocycles. The first-order valence-electron chi connectivity index (χ1n) is 9.58. The summed E-state index contributed by atoms with van der Waals surface area (Å²) in [6.45, 7) is 3.44. The molecule has 3 aromatic rings. The highest BCUT2D eigenvalue weighted by atomic mass is 16.5. The summed E-state index contributed by atoms with van der Waals surface area (Å²) in [5.41, 5.74) is 3.25. The number of rotatable bonds is 5. The number of pyridine rings is 1. The Labute approximate surface area is 169 Å². The summed E-state index contributed by atoms with van der Waals surface area (Å²) in [5, 5.41) is 0. The Morgan fingerprint density at radius 3 is 2.59 bits per heavy atom. The molecule has 1 aliphatic heterocycles. The molecule has 0 bridgehead atoms. The van der Waals surface area contributed by atoms with Gasteiger partial charge in [-0.3, -0.25) is 9.78 Å². The smallest absolute Gasteiger partial charge is 0.270 e. The van der Waals surface area contributed by atoms with Crippen molar-refractivity contribution in [3.63, 3.8) is 0 Å². The second-order valence-electron chi connectivity index (χ2n) is 7.08. The van der Waals surface area contributed by atoms with Crippen LogP contribution >= 0.6 is 0 Å². The summed E-state index contributed by atoms with van der Waals surface area (Å²) < 4.78 is 7.21. The lowest BCUT2D eigenvalue weighted by Gasteiger charge is -2.26. The van der Waals surface area contributed by atoms with Gasteiger partial charge >= 0.3 is 0 Å². The van der Waals surface area contributed by atoms with Crippen molar-refractivity contribution in [3.8, 4) is 11.1 Å². The third-order valence-corrected chi connectivity index (χ3v) is 4.96. The Hall–Kier alpha value is -3.26. The molecule has 29 heavy (non-hydrogen) atoms. The van der Waals surface area contributed by atoms with Gasteiger partial charge in [0.1, 0.15) is 5.69 Å². The largest absolute Gasteiger partial charge is 0.378 e. The van der Waals surface area contributed by atoms with E-state index >= 15 is 0 Å². The molecule has 4 heterocycles. The second-order valence-corrected chi connectivity index (χ2v) is 7.08. The van der Waals surface area contributed by atoms with Gasteiger partial charge in [0.25, 0.3) is 5.91 Å². The molecule has 3 aromatic heterocycles. The molecular weight excluding hydrogens is 368 g/mol. The van der Waals surface area contributed by atoms with Crippen molar-refractivity contribution in [1.29, 1.82) is 0 Å². The number of aryl methyl sites for hydroxylation is 1. The van der Waals surface area contributed by atoms with Gasteiger partial charge in [0.15, 0.2) is 0 Å². The van der Waals surface area contributed by atoms with E-state index in [0.717, 1.165) is 29.9 Å². The SMILES string of the molecule is CN(Cc1ccccn1)C(=O)c1cc(-c2cnc(N3CCOCC3)nc2)cn1C. The first kappa shape index (κ1) is 19.1. The molecule has 0 radical (unpaired) electrons. The van der Waals surface area contributed by atoms with E-state index in [1.807, 2.05) is 42.1 Å². The summed E-state index contributed by atoms with van der Waals surface area (Å²) in [6, 6.07) is 7.57. The summed E-state index contributed by atoms with van der Waals surface area (Å²) in [6.07, 6.45) is 7.27. The molecule has 0 N–H and O–H groups in total. The zero-order valence-electron chi connectivity index (χ0n) is 16.7. The first-order chi connectivity index (χ1) is 14.1. The van der Waals surface area contributed by atoms with Crippen LogP contribution in [0.4, 0.5) is 5.95 Å². The number of nitrogens with zero attached hydrogens (tertiary/aromatic N) is 6. The lowest BCUT2D eigenvalue weighted by atomic mass is 10.2. The maximum Gasteiger partial charge on any atom is 0.270 e. The third-order valence-electron chi connectivity index (χ3n) is 4.96. The lowest BCUT2D eigenvalue weighted by molar-refractivity contribution is 0.0774. The number of carbonyl (C=O) groups excluding carboxylic acids is 1. The Balaban J connectivity index is 1.49. The van der Waals surface area contributed by atoms with Crippen LogP contribution in [0.25, 0.3) is 11.1 Å². The number of hydrogen-bond donors (Lipinski definition) is 0. The van der Waals surface area contributed by atoms with Crippen LogP contribution in [-0.4, -0.2) is 63.7 Å². The first-order valence-corrected chi connectivity index (χ1v) is 9.58. The average molecular weight is 392 g/mol. The van der Waals surface area contributed by atoms with E-state index < -0.39 is 0 Å². The number of morpholine rings is 1. The molecule has 0 spiro atoms. The standard InChI is InChI=1S/C21H24N6O2/c1-25-14-16(17-12-23-21(24-13-17)27-7-9-29-10-8-27)11-19(25)20(28)26(2)15-18-5-3-4-6-22-18/h3-6,11-14H,7-10,15H2,1-2H3. The van der Waals surface area contributed by atoms with Gasteiger partial charge in [0.2, 0.25) is 5.95 Å². The average Bonchev–Trinajstić information content (AvgIpc) is 3.16. The van der Waals surface area contributed by atoms with Gasteiger partial charge in [-0.05, 0) is 18.2 Å². The maximum atomic E-state index is 12.9. The molecule has 1 fully saturated rings. The molecule has 1 amide bonds. The Morgan fingerprint density at radius 2 is 1.90 bits per heavy atom. The minimum absolute atomic E-state index is 0.0599. The zero-order chi connectivity index (χ0) is 20.2. The second kappa shape index (κ2) is 8.40. The molecular formula is C21H24N6O2. The highest BCUT2D eigenvalue weighted by Crippen LogP contribution is 2.23. The molecule has 8 nitrogen and oxygen atoms in total. The molecule has 1 aliphatic rings. The van der Waals surface area contributed by atoms with Gasteiger partial charge in [-0.25, -0.2) is 9.97 Å². The Bertz CT molecular complexity index is 965. The van der Waals surface area contributed by atoms with Gasteiger partial charge in [-0.1, -0.05) is 6.07 Å². The van der Waals surface area contributed by atoms with Crippen LogP contribution in [-0.2, 0) is 18.3 Å². The predicted octanol–water partition coefficient (Wildman–Crippen LogP) is 1.99. The highest BCUT2D eigenvalue weighted by molar-refractivity contribution is 5.94. The monoisotopic (exact) mass is 392 g/mol. The number of carbonyl (C=O) groups is 1. The number of ether oxygens (including phenoxy) is 1. The highest BCUT2D eigenvalue weighted by Gasteiger charge is 2.18. The van der Waals surface area contributed by atoms with Crippen LogP contribution in [0.3, 0.4) is 0 Å². The van der Waals surface area contributed by atoms with E-state index in [1.165, 1.54) is 0 Å². The van der Waals surface area contributed by atoms with Crippen molar-refractivity contribution < 1.29 is 9.53 Å². The minimum Gasteiger partial charge on any atom is -0.378 e. The van der Waals surface area contributed by atoms with Crippen molar-refractivity contribution in [2.24, 2.45) is 7.05 Å². The molecule has 8 heteroatoms. The van der Waals surface area contributed by atoms with Gasteiger partial charge < -0.3 is 19.1 Å². The fourth-order valence-electron chi connectivity index (χ4n) is 3.33. The van der Waals surface area contributed by atoms with Crippen LogP contribution < -0.4 is 4.90 Å². The van der Waals surface area contributed by atoms with Gasteiger partial charge in [-0.15, -0.1) is 0 Å². The van der Waals surface area contributed by atoms with Crippen molar-refractivity contribution in [3.05, 3.63) is 60.4 Å². The molecule has 0 atom stereocenters. The van der Waals surface area contributed by atoms with E-state index in [9.17, 15) is 4.79 Å². The molecule has 0 unspecified atom stereocenters. The van der Waals surface area contributed by atoms with E-state index in [-0.39, 0.29) is 5.91 Å². The van der Waals surface area contributed by atoms with E-state index in [0.29, 0.717) is 31.4 Å². The fraction of sp³-hybridized carbons (Fsp3) is 0.333. The Kier molecular flexibility index (Phi) is 5.53. The van der Waals surface area contributed by atoms with Gasteiger partial charge in [0, 0.05) is 63.1 Å². The topological polar surface area (TPSA) is 76.4 Å². The molecule has 0 saturated carbocycles.